The summed E-state index contributed by atoms with van der Waals surface area (Å²) in [6, 6.07) is 9.36. The highest BCUT2D eigenvalue weighted by atomic mass is 16.3. The van der Waals surface area contributed by atoms with Crippen molar-refractivity contribution in [1.29, 1.82) is 0 Å². The van der Waals surface area contributed by atoms with Crippen molar-refractivity contribution < 1.29 is 5.11 Å². The van der Waals surface area contributed by atoms with Crippen LogP contribution in [0.1, 0.15) is 52.0 Å². The minimum Gasteiger partial charge on any atom is -0.396 e. The van der Waals surface area contributed by atoms with Crippen LogP contribution in [0.2, 0.25) is 0 Å². The number of rotatable bonds is 6. The molecule has 1 saturated heterocycles. The average molecular weight is 304 g/mol. The molecule has 1 aliphatic rings. The van der Waals surface area contributed by atoms with Crippen molar-refractivity contribution in [3.63, 3.8) is 0 Å². The van der Waals surface area contributed by atoms with Gasteiger partial charge in [-0.25, -0.2) is 0 Å². The van der Waals surface area contributed by atoms with Crippen molar-refractivity contribution in [2.24, 2.45) is 5.41 Å². The van der Waals surface area contributed by atoms with Gasteiger partial charge in [-0.1, -0.05) is 39.8 Å². The van der Waals surface area contributed by atoms with Gasteiger partial charge in [-0.2, -0.15) is 0 Å². The minimum atomic E-state index is -0.0131. The second-order valence-corrected chi connectivity index (χ2v) is 7.82. The maximum atomic E-state index is 9.45. The van der Waals surface area contributed by atoms with E-state index in [1.165, 1.54) is 24.1 Å². The lowest BCUT2D eigenvalue weighted by Crippen LogP contribution is -2.46. The third kappa shape index (κ3) is 4.99. The van der Waals surface area contributed by atoms with Crippen LogP contribution in [0.4, 0.5) is 5.69 Å². The molecule has 1 heterocycles. The Hall–Kier alpha value is -1.06. The topological polar surface area (TPSA) is 35.5 Å². The Morgan fingerprint density at radius 1 is 1.27 bits per heavy atom. The first kappa shape index (κ1) is 17.3. The smallest absolute Gasteiger partial charge is 0.0494 e. The monoisotopic (exact) mass is 304 g/mol. The summed E-state index contributed by atoms with van der Waals surface area (Å²) in [6.45, 7) is 12.1. The lowest BCUT2D eigenvalue weighted by Gasteiger charge is -2.37. The third-order valence-electron chi connectivity index (χ3n) is 4.53. The fourth-order valence-electron chi connectivity index (χ4n) is 3.17. The van der Waals surface area contributed by atoms with Gasteiger partial charge in [-0.05, 0) is 43.0 Å². The number of nitrogens with one attached hydrogen (secondary N) is 1. The van der Waals surface area contributed by atoms with Crippen LogP contribution >= 0.6 is 0 Å². The summed E-state index contributed by atoms with van der Waals surface area (Å²) in [6.07, 6.45) is 2.45. The Bertz CT molecular complexity index is 453. The Balaban J connectivity index is 1.90. The number of piperidine rings is 1. The van der Waals surface area contributed by atoms with Crippen molar-refractivity contribution in [3.05, 3.63) is 29.8 Å². The van der Waals surface area contributed by atoms with Crippen molar-refractivity contribution in [1.82, 2.24) is 4.90 Å². The molecule has 2 rings (SSSR count). The molecule has 124 valence electrons. The van der Waals surface area contributed by atoms with Crippen LogP contribution in [-0.2, 0) is 0 Å². The number of benzene rings is 1. The van der Waals surface area contributed by atoms with Crippen LogP contribution in [0.25, 0.3) is 0 Å². The normalized spacial score (nSPS) is 20.4. The molecule has 1 unspecified atom stereocenters. The van der Waals surface area contributed by atoms with E-state index in [0.717, 1.165) is 19.6 Å². The summed E-state index contributed by atoms with van der Waals surface area (Å²) in [5, 5.41) is 13.1. The van der Waals surface area contributed by atoms with E-state index in [1.54, 1.807) is 0 Å². The SMILES string of the molecule is CC(C)c1ccc(NC2CCCN(CC(C)(C)CO)C2)cc1. The second-order valence-electron chi connectivity index (χ2n) is 7.82. The average Bonchev–Trinajstić information content (AvgIpc) is 2.48. The summed E-state index contributed by atoms with van der Waals surface area (Å²) in [7, 11) is 0. The van der Waals surface area contributed by atoms with E-state index < -0.39 is 0 Å². The van der Waals surface area contributed by atoms with Gasteiger partial charge >= 0.3 is 0 Å². The molecular weight excluding hydrogens is 272 g/mol. The molecule has 1 aromatic rings. The van der Waals surface area contributed by atoms with Gasteiger partial charge in [-0.15, -0.1) is 0 Å². The number of likely N-dealkylation sites (tertiary alicyclic amines) is 1. The molecule has 0 aliphatic carbocycles. The van der Waals surface area contributed by atoms with Gasteiger partial charge in [0.25, 0.3) is 0 Å². The van der Waals surface area contributed by atoms with Crippen molar-refractivity contribution in [3.8, 4) is 0 Å². The van der Waals surface area contributed by atoms with Crippen LogP contribution in [-0.4, -0.2) is 42.3 Å². The van der Waals surface area contributed by atoms with E-state index in [-0.39, 0.29) is 12.0 Å². The van der Waals surface area contributed by atoms with Gasteiger partial charge in [0.15, 0.2) is 0 Å². The van der Waals surface area contributed by atoms with Crippen LogP contribution in [0.3, 0.4) is 0 Å². The highest BCUT2D eigenvalue weighted by Gasteiger charge is 2.25. The van der Waals surface area contributed by atoms with Gasteiger partial charge in [0.1, 0.15) is 0 Å². The number of hydrogen-bond donors (Lipinski definition) is 2. The summed E-state index contributed by atoms with van der Waals surface area (Å²) in [5.74, 6) is 0.583. The lowest BCUT2D eigenvalue weighted by molar-refractivity contribution is 0.0894. The zero-order valence-corrected chi connectivity index (χ0v) is 14.6. The molecule has 3 nitrogen and oxygen atoms in total. The number of hydrogen-bond acceptors (Lipinski definition) is 3. The van der Waals surface area contributed by atoms with Gasteiger partial charge in [0.05, 0.1) is 0 Å². The molecule has 0 amide bonds. The first-order valence-electron chi connectivity index (χ1n) is 8.59. The first-order valence-corrected chi connectivity index (χ1v) is 8.59. The zero-order chi connectivity index (χ0) is 16.2. The molecule has 2 N–H and O–H groups in total. The van der Waals surface area contributed by atoms with Crippen molar-refractivity contribution in [2.45, 2.75) is 52.5 Å². The summed E-state index contributed by atoms with van der Waals surface area (Å²) >= 11 is 0. The van der Waals surface area contributed by atoms with Crippen molar-refractivity contribution in [2.75, 3.05) is 31.6 Å². The molecule has 1 aliphatic heterocycles. The maximum Gasteiger partial charge on any atom is 0.0494 e. The van der Waals surface area contributed by atoms with Gasteiger partial charge in [-0.3, -0.25) is 0 Å². The van der Waals surface area contributed by atoms with E-state index in [2.05, 4.69) is 62.2 Å². The molecule has 1 fully saturated rings. The minimum absolute atomic E-state index is 0.0131. The highest BCUT2D eigenvalue weighted by molar-refractivity contribution is 5.46. The number of aliphatic hydroxyl groups excluding tert-OH is 1. The van der Waals surface area contributed by atoms with E-state index in [4.69, 9.17) is 0 Å². The van der Waals surface area contributed by atoms with Gasteiger partial charge < -0.3 is 15.3 Å². The molecule has 0 saturated carbocycles. The number of anilines is 1. The molecule has 0 radical (unpaired) electrons. The second kappa shape index (κ2) is 7.47. The molecule has 0 spiro atoms. The fraction of sp³-hybridized carbons (Fsp3) is 0.684. The van der Waals surface area contributed by atoms with Gasteiger partial charge in [0, 0.05) is 36.8 Å². The number of aliphatic hydroxyl groups is 1. The number of nitrogens with zero attached hydrogens (tertiary/aromatic N) is 1. The Labute approximate surface area is 135 Å². The fourth-order valence-corrected chi connectivity index (χ4v) is 3.17. The Kier molecular flexibility index (Phi) is 5.87. The predicted octanol–water partition coefficient (Wildman–Crippen LogP) is 3.70. The van der Waals surface area contributed by atoms with Crippen LogP contribution in [0.5, 0.6) is 0 Å². The zero-order valence-electron chi connectivity index (χ0n) is 14.6. The molecule has 0 aromatic heterocycles. The van der Waals surface area contributed by atoms with Crippen LogP contribution < -0.4 is 5.32 Å². The van der Waals surface area contributed by atoms with E-state index in [9.17, 15) is 5.11 Å². The molecule has 22 heavy (non-hydrogen) atoms. The van der Waals surface area contributed by atoms with E-state index in [1.807, 2.05) is 0 Å². The van der Waals surface area contributed by atoms with Crippen molar-refractivity contribution >= 4 is 5.69 Å². The molecular formula is C19H32N2O. The Morgan fingerprint density at radius 3 is 2.55 bits per heavy atom. The predicted molar refractivity (Wildman–Crippen MR) is 94.5 cm³/mol. The van der Waals surface area contributed by atoms with Crippen LogP contribution in [0.15, 0.2) is 24.3 Å². The molecule has 3 heteroatoms. The third-order valence-corrected chi connectivity index (χ3v) is 4.53. The maximum absolute atomic E-state index is 9.45. The molecule has 0 bridgehead atoms. The lowest BCUT2D eigenvalue weighted by atomic mass is 9.92. The van der Waals surface area contributed by atoms with Crippen LogP contribution in [0, 0.1) is 5.41 Å². The van der Waals surface area contributed by atoms with E-state index >= 15 is 0 Å². The summed E-state index contributed by atoms with van der Waals surface area (Å²) in [4.78, 5) is 2.49. The standard InChI is InChI=1S/C19H32N2O/c1-15(2)16-7-9-17(10-8-16)20-18-6-5-11-21(12-18)13-19(3,4)14-22/h7-10,15,18,20,22H,5-6,11-14H2,1-4H3. The summed E-state index contributed by atoms with van der Waals surface area (Å²) < 4.78 is 0. The van der Waals surface area contributed by atoms with E-state index in [0.29, 0.717) is 12.0 Å². The largest absolute Gasteiger partial charge is 0.396 e. The highest BCUT2D eigenvalue weighted by Crippen LogP contribution is 2.22. The molecule has 1 atom stereocenters. The van der Waals surface area contributed by atoms with Gasteiger partial charge in [0.2, 0.25) is 0 Å². The quantitative estimate of drug-likeness (QED) is 0.841. The summed E-state index contributed by atoms with van der Waals surface area (Å²) in [5.41, 5.74) is 2.60. The molecule has 1 aromatic carbocycles. The first-order chi connectivity index (χ1) is 10.4. The Morgan fingerprint density at radius 2 is 1.95 bits per heavy atom.